The van der Waals surface area contributed by atoms with Crippen LogP contribution >= 0.6 is 0 Å². The number of carbonyl (C=O) groups is 2. The summed E-state index contributed by atoms with van der Waals surface area (Å²) >= 11 is 0. The number of amides is 1. The van der Waals surface area contributed by atoms with Crippen molar-refractivity contribution in [3.63, 3.8) is 0 Å². The van der Waals surface area contributed by atoms with Crippen LogP contribution in [0.15, 0.2) is 24.3 Å². The number of rotatable bonds is 8. The molecule has 3 rings (SSSR count). The highest BCUT2D eigenvalue weighted by Crippen LogP contribution is 2.33. The first-order valence-corrected chi connectivity index (χ1v) is 10.6. The van der Waals surface area contributed by atoms with E-state index < -0.39 is 0 Å². The summed E-state index contributed by atoms with van der Waals surface area (Å²) in [6.07, 6.45) is 5.91. The van der Waals surface area contributed by atoms with Gasteiger partial charge in [0.05, 0.1) is 25.4 Å². The fourth-order valence-corrected chi connectivity index (χ4v) is 4.22. The Morgan fingerprint density at radius 1 is 1.10 bits per heavy atom. The summed E-state index contributed by atoms with van der Waals surface area (Å²) in [5, 5.41) is 3.09. The fourth-order valence-electron chi connectivity index (χ4n) is 4.22. The number of hydrogen-bond acceptors (Lipinski definition) is 6. The summed E-state index contributed by atoms with van der Waals surface area (Å²) in [4.78, 5) is 26.6. The van der Waals surface area contributed by atoms with Gasteiger partial charge in [-0.15, -0.1) is 0 Å². The van der Waals surface area contributed by atoms with Crippen LogP contribution in [0.3, 0.4) is 0 Å². The summed E-state index contributed by atoms with van der Waals surface area (Å²) in [6, 6.07) is 6.63. The normalized spacial score (nSPS) is 19.3. The lowest BCUT2D eigenvalue weighted by Crippen LogP contribution is -2.60. The summed E-state index contributed by atoms with van der Waals surface area (Å²) < 4.78 is 16.0. The quantitative estimate of drug-likeness (QED) is 0.671. The van der Waals surface area contributed by atoms with Crippen LogP contribution in [0.4, 0.5) is 0 Å². The molecule has 29 heavy (non-hydrogen) atoms. The smallest absolute Gasteiger partial charge is 0.338 e. The third-order valence-electron chi connectivity index (χ3n) is 5.82. The van der Waals surface area contributed by atoms with Crippen LogP contribution < -0.4 is 10.1 Å². The standard InChI is InChI=1S/C22H32N2O5/c1-2-28-21(26)18-6-8-19(9-7-18)29-16-20(25)23-17-22(10-4-3-5-11-22)24-12-14-27-15-13-24/h6-9H,2-5,10-17H2,1H3,(H,23,25). The van der Waals surface area contributed by atoms with Crippen LogP contribution in [0.2, 0.25) is 0 Å². The van der Waals surface area contributed by atoms with Gasteiger partial charge in [0.2, 0.25) is 0 Å². The summed E-state index contributed by atoms with van der Waals surface area (Å²) in [5.74, 6) is 0.0594. The average molecular weight is 405 g/mol. The minimum atomic E-state index is -0.363. The van der Waals surface area contributed by atoms with E-state index >= 15 is 0 Å². The summed E-state index contributed by atoms with van der Waals surface area (Å²) in [5.41, 5.74) is 0.507. The molecule has 1 N–H and O–H groups in total. The van der Waals surface area contributed by atoms with E-state index in [0.717, 1.165) is 39.1 Å². The van der Waals surface area contributed by atoms with E-state index in [-0.39, 0.29) is 24.0 Å². The molecular formula is C22H32N2O5. The topological polar surface area (TPSA) is 77.1 Å². The zero-order chi connectivity index (χ0) is 20.5. The van der Waals surface area contributed by atoms with Gasteiger partial charge in [-0.25, -0.2) is 4.79 Å². The van der Waals surface area contributed by atoms with Crippen LogP contribution in [0.1, 0.15) is 49.4 Å². The van der Waals surface area contributed by atoms with E-state index in [1.807, 2.05) is 0 Å². The maximum Gasteiger partial charge on any atom is 0.338 e. The van der Waals surface area contributed by atoms with Gasteiger partial charge in [-0.1, -0.05) is 19.3 Å². The molecule has 0 spiro atoms. The van der Waals surface area contributed by atoms with Crippen molar-refractivity contribution in [3.05, 3.63) is 29.8 Å². The first kappa shape index (κ1) is 21.6. The number of nitrogens with one attached hydrogen (secondary N) is 1. The molecule has 2 aliphatic rings. The maximum atomic E-state index is 12.4. The van der Waals surface area contributed by atoms with Gasteiger partial charge in [-0.3, -0.25) is 9.69 Å². The molecule has 7 heteroatoms. The fraction of sp³-hybridized carbons (Fsp3) is 0.636. The van der Waals surface area contributed by atoms with E-state index in [1.54, 1.807) is 31.2 Å². The van der Waals surface area contributed by atoms with E-state index in [9.17, 15) is 9.59 Å². The van der Waals surface area contributed by atoms with Crippen LogP contribution in [0.5, 0.6) is 5.75 Å². The third kappa shape index (κ3) is 5.93. The van der Waals surface area contributed by atoms with Crippen molar-refractivity contribution in [2.24, 2.45) is 0 Å². The van der Waals surface area contributed by atoms with Crippen molar-refractivity contribution < 1.29 is 23.8 Å². The largest absolute Gasteiger partial charge is 0.484 e. The molecule has 1 saturated carbocycles. The van der Waals surface area contributed by atoms with Crippen molar-refractivity contribution in [2.75, 3.05) is 46.1 Å². The number of esters is 1. The second-order valence-electron chi connectivity index (χ2n) is 7.69. The molecule has 1 saturated heterocycles. The lowest BCUT2D eigenvalue weighted by molar-refractivity contribution is -0.124. The number of ether oxygens (including phenoxy) is 3. The van der Waals surface area contributed by atoms with E-state index in [0.29, 0.717) is 24.5 Å². The molecule has 1 heterocycles. The number of nitrogens with zero attached hydrogens (tertiary/aromatic N) is 1. The maximum absolute atomic E-state index is 12.4. The van der Waals surface area contributed by atoms with Crippen molar-refractivity contribution >= 4 is 11.9 Å². The molecule has 1 aromatic carbocycles. The van der Waals surface area contributed by atoms with Gasteiger partial charge in [0.1, 0.15) is 5.75 Å². The van der Waals surface area contributed by atoms with E-state index in [4.69, 9.17) is 14.2 Å². The Hall–Kier alpha value is -2.12. The Bertz CT molecular complexity index is 664. The van der Waals surface area contributed by atoms with Crippen molar-refractivity contribution in [3.8, 4) is 5.75 Å². The molecule has 1 aliphatic heterocycles. The second kappa shape index (κ2) is 10.6. The van der Waals surface area contributed by atoms with Crippen LogP contribution in [-0.2, 0) is 14.3 Å². The zero-order valence-corrected chi connectivity index (χ0v) is 17.3. The molecular weight excluding hydrogens is 372 g/mol. The second-order valence-corrected chi connectivity index (χ2v) is 7.69. The highest BCUT2D eigenvalue weighted by molar-refractivity contribution is 5.89. The van der Waals surface area contributed by atoms with Gasteiger partial charge >= 0.3 is 5.97 Å². The van der Waals surface area contributed by atoms with Gasteiger partial charge in [0.15, 0.2) is 6.61 Å². The third-order valence-corrected chi connectivity index (χ3v) is 5.82. The van der Waals surface area contributed by atoms with Crippen LogP contribution in [-0.4, -0.2) is 68.4 Å². The summed E-state index contributed by atoms with van der Waals surface area (Å²) in [7, 11) is 0. The molecule has 1 aliphatic carbocycles. The zero-order valence-electron chi connectivity index (χ0n) is 17.3. The Kier molecular flexibility index (Phi) is 7.89. The lowest BCUT2D eigenvalue weighted by Gasteiger charge is -2.48. The van der Waals surface area contributed by atoms with Crippen LogP contribution in [0.25, 0.3) is 0 Å². The molecule has 0 atom stereocenters. The molecule has 1 aromatic rings. The number of carbonyl (C=O) groups excluding carboxylic acids is 2. The Morgan fingerprint density at radius 3 is 2.45 bits per heavy atom. The number of hydrogen-bond donors (Lipinski definition) is 1. The Morgan fingerprint density at radius 2 is 1.79 bits per heavy atom. The van der Waals surface area contributed by atoms with Crippen molar-refractivity contribution in [1.29, 1.82) is 0 Å². The Balaban J connectivity index is 1.48. The highest BCUT2D eigenvalue weighted by Gasteiger charge is 2.38. The minimum absolute atomic E-state index is 0.0407. The van der Waals surface area contributed by atoms with E-state index in [2.05, 4.69) is 10.2 Å². The minimum Gasteiger partial charge on any atom is -0.484 e. The first-order valence-electron chi connectivity index (χ1n) is 10.6. The van der Waals surface area contributed by atoms with Crippen molar-refractivity contribution in [1.82, 2.24) is 10.2 Å². The molecule has 160 valence electrons. The molecule has 0 aromatic heterocycles. The molecule has 0 radical (unpaired) electrons. The molecule has 7 nitrogen and oxygen atoms in total. The van der Waals surface area contributed by atoms with E-state index in [1.165, 1.54) is 19.3 Å². The molecule has 0 bridgehead atoms. The number of morpholine rings is 1. The molecule has 0 unspecified atom stereocenters. The summed E-state index contributed by atoms with van der Waals surface area (Å²) in [6.45, 7) is 6.10. The lowest BCUT2D eigenvalue weighted by atomic mass is 9.79. The number of benzene rings is 1. The SMILES string of the molecule is CCOC(=O)c1ccc(OCC(=O)NCC2(N3CCOCC3)CCCCC2)cc1. The Labute approximate surface area is 172 Å². The molecule has 1 amide bonds. The van der Waals surface area contributed by atoms with Gasteiger partial charge < -0.3 is 19.5 Å². The van der Waals surface area contributed by atoms with Crippen LogP contribution in [0, 0.1) is 0 Å². The van der Waals surface area contributed by atoms with Gasteiger partial charge in [0.25, 0.3) is 5.91 Å². The van der Waals surface area contributed by atoms with Crippen molar-refractivity contribution in [2.45, 2.75) is 44.6 Å². The monoisotopic (exact) mass is 404 g/mol. The van der Waals surface area contributed by atoms with Gasteiger partial charge in [-0.2, -0.15) is 0 Å². The first-order chi connectivity index (χ1) is 14.1. The van der Waals surface area contributed by atoms with Gasteiger partial charge in [0, 0.05) is 25.2 Å². The average Bonchev–Trinajstić information content (AvgIpc) is 2.78. The molecule has 2 fully saturated rings. The highest BCUT2D eigenvalue weighted by atomic mass is 16.5. The predicted molar refractivity (Wildman–Crippen MR) is 109 cm³/mol. The predicted octanol–water partition coefficient (Wildman–Crippen LogP) is 2.39. The van der Waals surface area contributed by atoms with Gasteiger partial charge in [-0.05, 0) is 44.0 Å².